The summed E-state index contributed by atoms with van der Waals surface area (Å²) in [5.74, 6) is -1.03. The highest BCUT2D eigenvalue weighted by Gasteiger charge is 2.46. The molecule has 1 N–H and O–H groups in total. The number of likely N-dealkylation sites (tertiary alicyclic amines) is 1. The maximum Gasteiger partial charge on any atom is 0.410 e. The van der Waals surface area contributed by atoms with Crippen LogP contribution in [0.4, 0.5) is 4.79 Å². The third-order valence-electron chi connectivity index (χ3n) is 2.97. The number of amides is 1. The van der Waals surface area contributed by atoms with Crippen LogP contribution in [0.25, 0.3) is 0 Å². The second-order valence-electron chi connectivity index (χ2n) is 6.24. The fourth-order valence-corrected chi connectivity index (χ4v) is 2.98. The van der Waals surface area contributed by atoms with E-state index >= 15 is 0 Å². The molecular weight excluding hydrogens is 280 g/mol. The van der Waals surface area contributed by atoms with Crippen molar-refractivity contribution in [3.05, 3.63) is 16.1 Å². The highest BCUT2D eigenvalue weighted by atomic mass is 32.1. The average molecular weight is 298 g/mol. The Balaban J connectivity index is 1.99. The number of carbonyl (C=O) groups is 2. The number of aromatic carboxylic acids is 1. The molecule has 0 aromatic carbocycles. The van der Waals surface area contributed by atoms with E-state index in [9.17, 15) is 9.59 Å². The van der Waals surface area contributed by atoms with Crippen molar-refractivity contribution in [1.82, 2.24) is 9.88 Å². The first kappa shape index (κ1) is 14.8. The standard InChI is InChI=1S/C13H18N2O4S/c1-12(2,3)19-11(18)15-6-13(4,7-15)10-14-8(5-20-10)9(16)17/h5H,6-7H2,1-4H3,(H,16,17). The van der Waals surface area contributed by atoms with Crippen LogP contribution in [0, 0.1) is 0 Å². The third-order valence-corrected chi connectivity index (χ3v) is 4.12. The average Bonchev–Trinajstić information content (AvgIpc) is 2.71. The molecular formula is C13H18N2O4S. The van der Waals surface area contributed by atoms with Gasteiger partial charge in [-0.25, -0.2) is 14.6 Å². The van der Waals surface area contributed by atoms with E-state index in [0.29, 0.717) is 13.1 Å². The van der Waals surface area contributed by atoms with Crippen LogP contribution in [0.2, 0.25) is 0 Å². The van der Waals surface area contributed by atoms with E-state index < -0.39 is 11.6 Å². The number of hydrogen-bond donors (Lipinski definition) is 1. The molecule has 1 saturated heterocycles. The Hall–Kier alpha value is -1.63. The molecule has 1 amide bonds. The first-order valence-electron chi connectivity index (χ1n) is 6.28. The van der Waals surface area contributed by atoms with Gasteiger partial charge in [0.05, 0.1) is 5.41 Å². The summed E-state index contributed by atoms with van der Waals surface area (Å²) in [4.78, 5) is 28.4. The SMILES string of the molecule is CC(C)(C)OC(=O)N1CC(C)(c2nc(C(=O)O)cs2)C1. The van der Waals surface area contributed by atoms with Crippen molar-refractivity contribution in [1.29, 1.82) is 0 Å². The van der Waals surface area contributed by atoms with Gasteiger partial charge in [0.2, 0.25) is 0 Å². The Morgan fingerprint density at radius 1 is 1.45 bits per heavy atom. The van der Waals surface area contributed by atoms with Crippen LogP contribution in [0.15, 0.2) is 5.38 Å². The number of carboxylic acids is 1. The van der Waals surface area contributed by atoms with E-state index in [2.05, 4.69) is 4.98 Å². The van der Waals surface area contributed by atoms with Gasteiger partial charge in [0, 0.05) is 18.5 Å². The fourth-order valence-electron chi connectivity index (χ4n) is 2.04. The van der Waals surface area contributed by atoms with Gasteiger partial charge >= 0.3 is 12.1 Å². The maximum absolute atomic E-state index is 11.9. The minimum Gasteiger partial charge on any atom is -0.476 e. The molecule has 1 fully saturated rings. The van der Waals surface area contributed by atoms with Crippen LogP contribution in [-0.2, 0) is 10.2 Å². The van der Waals surface area contributed by atoms with Crippen LogP contribution in [0.5, 0.6) is 0 Å². The van der Waals surface area contributed by atoms with E-state index in [-0.39, 0.29) is 17.2 Å². The van der Waals surface area contributed by atoms with E-state index in [0.717, 1.165) is 5.01 Å². The van der Waals surface area contributed by atoms with Gasteiger partial charge in [-0.2, -0.15) is 0 Å². The molecule has 1 aliphatic rings. The Morgan fingerprint density at radius 3 is 2.50 bits per heavy atom. The molecule has 1 aliphatic heterocycles. The van der Waals surface area contributed by atoms with Crippen molar-refractivity contribution >= 4 is 23.4 Å². The minimum atomic E-state index is -1.03. The predicted octanol–water partition coefficient (Wildman–Crippen LogP) is 2.35. The zero-order valence-corrected chi connectivity index (χ0v) is 12.8. The zero-order valence-electron chi connectivity index (χ0n) is 12.0. The number of ether oxygens (including phenoxy) is 1. The highest BCUT2D eigenvalue weighted by molar-refractivity contribution is 7.10. The maximum atomic E-state index is 11.9. The number of thiazole rings is 1. The third kappa shape index (κ3) is 2.92. The highest BCUT2D eigenvalue weighted by Crippen LogP contribution is 2.36. The van der Waals surface area contributed by atoms with Gasteiger partial charge in [0.15, 0.2) is 5.69 Å². The topological polar surface area (TPSA) is 79.7 Å². The van der Waals surface area contributed by atoms with E-state index in [1.54, 1.807) is 4.90 Å². The summed E-state index contributed by atoms with van der Waals surface area (Å²) in [6.45, 7) is 8.43. The molecule has 20 heavy (non-hydrogen) atoms. The zero-order chi connectivity index (χ0) is 15.1. The fraction of sp³-hybridized carbons (Fsp3) is 0.615. The summed E-state index contributed by atoms with van der Waals surface area (Å²) in [5.41, 5.74) is -0.738. The molecule has 0 unspecified atom stereocenters. The number of carbonyl (C=O) groups excluding carboxylic acids is 1. The predicted molar refractivity (Wildman–Crippen MR) is 74.2 cm³/mol. The van der Waals surface area contributed by atoms with Crippen molar-refractivity contribution in [3.63, 3.8) is 0 Å². The number of carboxylic acid groups (broad SMARTS) is 1. The van der Waals surface area contributed by atoms with E-state index in [1.807, 2.05) is 27.7 Å². The molecule has 1 aromatic rings. The molecule has 0 spiro atoms. The van der Waals surface area contributed by atoms with Crippen molar-refractivity contribution in [3.8, 4) is 0 Å². The summed E-state index contributed by atoms with van der Waals surface area (Å²) >= 11 is 1.32. The molecule has 1 aromatic heterocycles. The molecule has 0 aliphatic carbocycles. The van der Waals surface area contributed by atoms with Crippen LogP contribution >= 0.6 is 11.3 Å². The van der Waals surface area contributed by atoms with Gasteiger partial charge < -0.3 is 14.7 Å². The van der Waals surface area contributed by atoms with Gasteiger partial charge in [0.25, 0.3) is 0 Å². The quantitative estimate of drug-likeness (QED) is 0.906. The molecule has 2 rings (SSSR count). The number of aromatic nitrogens is 1. The van der Waals surface area contributed by atoms with Crippen LogP contribution in [-0.4, -0.2) is 45.7 Å². The summed E-state index contributed by atoms with van der Waals surface area (Å²) in [6.07, 6.45) is -0.343. The molecule has 7 heteroatoms. The van der Waals surface area contributed by atoms with E-state index in [1.165, 1.54) is 16.7 Å². The summed E-state index contributed by atoms with van der Waals surface area (Å²) in [6, 6.07) is 0. The Morgan fingerprint density at radius 2 is 2.05 bits per heavy atom. The second kappa shape index (κ2) is 4.73. The lowest BCUT2D eigenvalue weighted by Gasteiger charge is -2.46. The molecule has 6 nitrogen and oxygen atoms in total. The van der Waals surface area contributed by atoms with Crippen molar-refractivity contribution in [2.75, 3.05) is 13.1 Å². The number of hydrogen-bond acceptors (Lipinski definition) is 5. The van der Waals surface area contributed by atoms with Crippen molar-refractivity contribution in [2.45, 2.75) is 38.7 Å². The molecule has 0 atom stereocenters. The van der Waals surface area contributed by atoms with Crippen LogP contribution < -0.4 is 0 Å². The van der Waals surface area contributed by atoms with Crippen LogP contribution in [0.3, 0.4) is 0 Å². The second-order valence-corrected chi connectivity index (χ2v) is 7.10. The van der Waals surface area contributed by atoms with Gasteiger partial charge in [-0.3, -0.25) is 0 Å². The smallest absolute Gasteiger partial charge is 0.410 e. The number of rotatable bonds is 2. The van der Waals surface area contributed by atoms with Crippen molar-refractivity contribution < 1.29 is 19.4 Å². The molecule has 110 valence electrons. The summed E-state index contributed by atoms with van der Waals surface area (Å²) < 4.78 is 5.29. The molecule has 0 radical (unpaired) electrons. The van der Waals surface area contributed by atoms with Crippen molar-refractivity contribution in [2.24, 2.45) is 0 Å². The molecule has 2 heterocycles. The van der Waals surface area contributed by atoms with Gasteiger partial charge in [-0.1, -0.05) is 0 Å². The van der Waals surface area contributed by atoms with Gasteiger partial charge in [-0.05, 0) is 27.7 Å². The summed E-state index contributed by atoms with van der Waals surface area (Å²) in [7, 11) is 0. The lowest BCUT2D eigenvalue weighted by atomic mass is 9.83. The van der Waals surface area contributed by atoms with Gasteiger partial charge in [-0.15, -0.1) is 11.3 Å². The van der Waals surface area contributed by atoms with Crippen LogP contribution in [0.1, 0.15) is 43.2 Å². The first-order valence-corrected chi connectivity index (χ1v) is 7.16. The monoisotopic (exact) mass is 298 g/mol. The van der Waals surface area contributed by atoms with E-state index in [4.69, 9.17) is 9.84 Å². The minimum absolute atomic E-state index is 0.0574. The van der Waals surface area contributed by atoms with Gasteiger partial charge in [0.1, 0.15) is 10.6 Å². The Labute approximate surface area is 121 Å². The molecule has 0 bridgehead atoms. The Bertz CT molecular complexity index is 541. The lowest BCUT2D eigenvalue weighted by Crippen LogP contribution is -2.60. The Kier molecular flexibility index (Phi) is 3.49. The number of nitrogens with zero attached hydrogens (tertiary/aromatic N) is 2. The first-order chi connectivity index (χ1) is 9.11. The normalized spacial score (nSPS) is 17.5. The lowest BCUT2D eigenvalue weighted by molar-refractivity contribution is -0.00660. The summed E-state index contributed by atoms with van der Waals surface area (Å²) in [5, 5.41) is 11.2. The molecule has 0 saturated carbocycles. The largest absolute Gasteiger partial charge is 0.476 e.